The number of hydrogen-bond donors (Lipinski definition) is 0. The van der Waals surface area contributed by atoms with Gasteiger partial charge in [-0.1, -0.05) is 63.9 Å². The summed E-state index contributed by atoms with van der Waals surface area (Å²) in [6, 6.07) is 13.0. The first-order valence-corrected chi connectivity index (χ1v) is 8.77. The van der Waals surface area contributed by atoms with Gasteiger partial charge >= 0.3 is 0 Å². The highest BCUT2D eigenvalue weighted by molar-refractivity contribution is 9.10. The van der Waals surface area contributed by atoms with Gasteiger partial charge in [-0.15, -0.1) is 0 Å². The van der Waals surface area contributed by atoms with Crippen molar-refractivity contribution in [3.05, 3.63) is 63.1 Å². The SMILES string of the molecule is Cc1ccc(C(Br)c2ccc3c(c2)C(C)(C)CO3)cc1Br. The summed E-state index contributed by atoms with van der Waals surface area (Å²) in [5.74, 6) is 1.02. The molecule has 1 unspecified atom stereocenters. The Morgan fingerprint density at radius 1 is 1.10 bits per heavy atom. The molecule has 1 atom stereocenters. The van der Waals surface area contributed by atoms with E-state index in [4.69, 9.17) is 4.74 Å². The summed E-state index contributed by atoms with van der Waals surface area (Å²) in [4.78, 5) is 0.191. The van der Waals surface area contributed by atoms with E-state index in [1.807, 2.05) is 0 Å². The Balaban J connectivity index is 1.99. The molecule has 0 amide bonds. The number of aryl methyl sites for hydroxylation is 1. The molecule has 0 fully saturated rings. The lowest BCUT2D eigenvalue weighted by atomic mass is 9.85. The van der Waals surface area contributed by atoms with Crippen molar-refractivity contribution in [2.24, 2.45) is 0 Å². The van der Waals surface area contributed by atoms with Crippen molar-refractivity contribution in [2.45, 2.75) is 31.0 Å². The summed E-state index contributed by atoms with van der Waals surface area (Å²) in [5.41, 5.74) is 5.16. The maximum Gasteiger partial charge on any atom is 0.123 e. The number of halogens is 2. The quantitative estimate of drug-likeness (QED) is 0.560. The number of benzene rings is 2. The van der Waals surface area contributed by atoms with Gasteiger partial charge in [-0.25, -0.2) is 0 Å². The van der Waals surface area contributed by atoms with Crippen molar-refractivity contribution < 1.29 is 4.74 Å². The predicted molar refractivity (Wildman–Crippen MR) is 94.6 cm³/mol. The highest BCUT2D eigenvalue weighted by Crippen LogP contribution is 2.42. The second-order valence-corrected chi connectivity index (χ2v) is 8.07. The lowest BCUT2D eigenvalue weighted by Crippen LogP contribution is -2.18. The van der Waals surface area contributed by atoms with Gasteiger partial charge in [-0.3, -0.25) is 0 Å². The highest BCUT2D eigenvalue weighted by Gasteiger charge is 2.32. The Kier molecular flexibility index (Phi) is 3.91. The molecule has 1 heterocycles. The molecule has 110 valence electrons. The van der Waals surface area contributed by atoms with E-state index in [1.165, 1.54) is 22.3 Å². The van der Waals surface area contributed by atoms with Crippen LogP contribution in [0, 0.1) is 6.92 Å². The largest absolute Gasteiger partial charge is 0.492 e. The van der Waals surface area contributed by atoms with E-state index in [2.05, 4.69) is 89.0 Å². The molecule has 2 aromatic rings. The topological polar surface area (TPSA) is 9.23 Å². The standard InChI is InChI=1S/C18H18Br2O/c1-11-4-5-13(9-15(11)19)17(20)12-6-7-16-14(8-12)18(2,3)10-21-16/h4-9,17H,10H2,1-3H3. The molecular weight excluding hydrogens is 392 g/mol. The fraction of sp³-hybridized carbons (Fsp3) is 0.333. The summed E-state index contributed by atoms with van der Waals surface area (Å²) in [7, 11) is 0. The molecule has 0 bridgehead atoms. The van der Waals surface area contributed by atoms with Crippen LogP contribution in [-0.2, 0) is 5.41 Å². The first-order valence-electron chi connectivity index (χ1n) is 7.06. The highest BCUT2D eigenvalue weighted by atomic mass is 79.9. The van der Waals surface area contributed by atoms with Gasteiger partial charge in [0, 0.05) is 15.5 Å². The number of hydrogen-bond acceptors (Lipinski definition) is 1. The molecule has 0 aliphatic carbocycles. The molecule has 1 aliphatic heterocycles. The molecule has 21 heavy (non-hydrogen) atoms. The maximum atomic E-state index is 5.77. The minimum absolute atomic E-state index is 0.0892. The number of fused-ring (bicyclic) bond motifs is 1. The van der Waals surface area contributed by atoms with Crippen LogP contribution in [0.25, 0.3) is 0 Å². The van der Waals surface area contributed by atoms with Gasteiger partial charge in [0.25, 0.3) is 0 Å². The summed E-state index contributed by atoms with van der Waals surface area (Å²) in [5, 5.41) is 0. The molecule has 0 aromatic heterocycles. The van der Waals surface area contributed by atoms with Crippen molar-refractivity contribution in [3.8, 4) is 5.75 Å². The summed E-state index contributed by atoms with van der Waals surface area (Å²) in [6.07, 6.45) is 0. The van der Waals surface area contributed by atoms with E-state index in [0.29, 0.717) is 0 Å². The van der Waals surface area contributed by atoms with Gasteiger partial charge in [-0.05, 0) is 41.8 Å². The molecule has 3 rings (SSSR count). The Labute approximate surface area is 143 Å². The molecule has 0 N–H and O–H groups in total. The van der Waals surface area contributed by atoms with Gasteiger partial charge in [0.05, 0.1) is 11.4 Å². The van der Waals surface area contributed by atoms with Crippen molar-refractivity contribution in [1.82, 2.24) is 0 Å². The molecule has 0 saturated heterocycles. The van der Waals surface area contributed by atoms with Crippen molar-refractivity contribution in [2.75, 3.05) is 6.61 Å². The first-order chi connectivity index (χ1) is 9.88. The Bertz CT molecular complexity index is 692. The molecule has 0 saturated carbocycles. The van der Waals surface area contributed by atoms with Crippen LogP contribution in [0.4, 0.5) is 0 Å². The van der Waals surface area contributed by atoms with Crippen LogP contribution in [-0.4, -0.2) is 6.61 Å². The number of ether oxygens (including phenoxy) is 1. The van der Waals surface area contributed by atoms with Crippen molar-refractivity contribution in [3.63, 3.8) is 0 Å². The fourth-order valence-corrected chi connectivity index (χ4v) is 3.62. The molecule has 2 aromatic carbocycles. The van der Waals surface area contributed by atoms with Crippen LogP contribution in [0.1, 0.15) is 40.9 Å². The van der Waals surface area contributed by atoms with Crippen molar-refractivity contribution >= 4 is 31.9 Å². The number of rotatable bonds is 2. The first kappa shape index (κ1) is 15.1. The van der Waals surface area contributed by atoms with Gasteiger partial charge in [0.1, 0.15) is 5.75 Å². The van der Waals surface area contributed by atoms with Gasteiger partial charge in [0.2, 0.25) is 0 Å². The molecule has 0 radical (unpaired) electrons. The zero-order valence-corrected chi connectivity index (χ0v) is 15.6. The van der Waals surface area contributed by atoms with Gasteiger partial charge in [-0.2, -0.15) is 0 Å². The van der Waals surface area contributed by atoms with Gasteiger partial charge < -0.3 is 4.74 Å². The lowest BCUT2D eigenvalue weighted by Gasteiger charge is -2.18. The van der Waals surface area contributed by atoms with Crippen LogP contribution < -0.4 is 4.74 Å². The molecule has 3 heteroatoms. The van der Waals surface area contributed by atoms with E-state index >= 15 is 0 Å². The molecule has 0 spiro atoms. The van der Waals surface area contributed by atoms with Crippen LogP contribution in [0.15, 0.2) is 40.9 Å². The molecule has 1 nitrogen and oxygen atoms in total. The van der Waals surface area contributed by atoms with Crippen LogP contribution >= 0.6 is 31.9 Å². The third-order valence-corrected chi connectivity index (χ3v) is 6.01. The second-order valence-electron chi connectivity index (χ2n) is 6.30. The lowest BCUT2D eigenvalue weighted by molar-refractivity contribution is 0.291. The monoisotopic (exact) mass is 408 g/mol. The van der Waals surface area contributed by atoms with E-state index in [-0.39, 0.29) is 10.2 Å². The maximum absolute atomic E-state index is 5.77. The molecule has 1 aliphatic rings. The fourth-order valence-electron chi connectivity index (χ4n) is 2.66. The van der Waals surface area contributed by atoms with Crippen molar-refractivity contribution in [1.29, 1.82) is 0 Å². The third-order valence-electron chi connectivity index (χ3n) is 4.10. The second kappa shape index (κ2) is 5.44. The average Bonchev–Trinajstić information content (AvgIpc) is 2.76. The van der Waals surface area contributed by atoms with E-state index in [0.717, 1.165) is 16.8 Å². The minimum atomic E-state index is 0.0892. The summed E-state index contributed by atoms with van der Waals surface area (Å²) >= 11 is 7.45. The predicted octanol–water partition coefficient (Wildman–Crippen LogP) is 5.91. The van der Waals surface area contributed by atoms with Crippen LogP contribution in [0.5, 0.6) is 5.75 Å². The zero-order valence-electron chi connectivity index (χ0n) is 12.4. The third kappa shape index (κ3) is 2.78. The van der Waals surface area contributed by atoms with E-state index < -0.39 is 0 Å². The smallest absolute Gasteiger partial charge is 0.123 e. The Hall–Kier alpha value is -0.800. The summed E-state index contributed by atoms with van der Waals surface area (Å²) < 4.78 is 6.91. The minimum Gasteiger partial charge on any atom is -0.492 e. The Morgan fingerprint density at radius 2 is 1.76 bits per heavy atom. The van der Waals surface area contributed by atoms with Crippen LogP contribution in [0.2, 0.25) is 0 Å². The number of alkyl halides is 1. The average molecular weight is 410 g/mol. The Morgan fingerprint density at radius 3 is 2.48 bits per heavy atom. The molecular formula is C18H18Br2O. The summed E-state index contributed by atoms with van der Waals surface area (Å²) in [6.45, 7) is 7.32. The van der Waals surface area contributed by atoms with E-state index in [9.17, 15) is 0 Å². The van der Waals surface area contributed by atoms with Gasteiger partial charge in [0.15, 0.2) is 0 Å². The van der Waals surface area contributed by atoms with E-state index in [1.54, 1.807) is 0 Å². The normalized spacial score (nSPS) is 17.2. The van der Waals surface area contributed by atoms with Crippen LogP contribution in [0.3, 0.4) is 0 Å². The zero-order chi connectivity index (χ0) is 15.2.